The SMILES string of the molecule is Cc1csc(CC(=O)N2CC[NH+](Cn3nc4n(c3=S)CCCCC4)CC2)n1. The minimum absolute atomic E-state index is 0.189. The van der Waals surface area contributed by atoms with Crippen molar-refractivity contribution in [1.82, 2.24) is 24.2 Å². The Balaban J connectivity index is 1.32. The molecule has 7 nitrogen and oxygen atoms in total. The zero-order valence-electron chi connectivity index (χ0n) is 15.8. The lowest BCUT2D eigenvalue weighted by molar-refractivity contribution is -0.927. The largest absolute Gasteiger partial charge is 0.331 e. The molecule has 1 amide bonds. The van der Waals surface area contributed by atoms with E-state index in [1.807, 2.05) is 21.9 Å². The van der Waals surface area contributed by atoms with Gasteiger partial charge in [-0.1, -0.05) is 6.42 Å². The molecule has 4 rings (SSSR count). The maximum absolute atomic E-state index is 12.5. The number of piperazine rings is 1. The van der Waals surface area contributed by atoms with Gasteiger partial charge in [0.15, 0.2) is 6.67 Å². The van der Waals surface area contributed by atoms with Crippen LogP contribution in [0.5, 0.6) is 0 Å². The van der Waals surface area contributed by atoms with Crippen LogP contribution in [-0.2, 0) is 30.8 Å². The van der Waals surface area contributed by atoms with E-state index in [0.29, 0.717) is 6.42 Å². The number of carbonyl (C=O) groups is 1. The molecule has 146 valence electrons. The maximum atomic E-state index is 12.5. The minimum Gasteiger partial charge on any atom is -0.331 e. The molecule has 0 saturated carbocycles. The van der Waals surface area contributed by atoms with Gasteiger partial charge in [0, 0.05) is 24.0 Å². The Kier molecular flexibility index (Phi) is 5.70. The van der Waals surface area contributed by atoms with Gasteiger partial charge in [-0.05, 0) is 32.0 Å². The number of aromatic nitrogens is 4. The number of fused-ring (bicyclic) bond motifs is 1. The highest BCUT2D eigenvalue weighted by atomic mass is 32.1. The first kappa shape index (κ1) is 18.8. The van der Waals surface area contributed by atoms with Gasteiger partial charge in [-0.25, -0.2) is 4.98 Å². The average Bonchev–Trinajstić information content (AvgIpc) is 3.09. The van der Waals surface area contributed by atoms with Crippen LogP contribution in [0, 0.1) is 11.7 Å². The molecule has 0 radical (unpaired) electrons. The van der Waals surface area contributed by atoms with E-state index >= 15 is 0 Å². The first-order valence-corrected chi connectivity index (χ1v) is 11.1. The summed E-state index contributed by atoms with van der Waals surface area (Å²) in [5.41, 5.74) is 0.993. The Bertz CT molecular complexity index is 862. The van der Waals surface area contributed by atoms with Crippen molar-refractivity contribution >= 4 is 29.5 Å². The molecule has 1 saturated heterocycles. The molecule has 0 aliphatic carbocycles. The standard InChI is InChI=1S/C18H26N6OS2/c1-14-12-27-16(19-14)11-17(25)22-9-7-21(8-10-22)13-24-18(26)23-6-4-2-3-5-15(23)20-24/h12H,2-11,13H2,1H3/p+1. The average molecular weight is 408 g/mol. The second kappa shape index (κ2) is 8.20. The number of rotatable bonds is 4. The number of carbonyl (C=O) groups excluding carboxylic acids is 1. The smallest absolute Gasteiger partial charge is 0.229 e. The van der Waals surface area contributed by atoms with E-state index in [1.54, 1.807) is 11.3 Å². The van der Waals surface area contributed by atoms with Crippen LogP contribution in [0.4, 0.5) is 0 Å². The second-order valence-corrected chi connectivity index (χ2v) is 8.82. The van der Waals surface area contributed by atoms with Crippen molar-refractivity contribution in [3.8, 4) is 0 Å². The number of hydrogen-bond donors (Lipinski definition) is 1. The fraction of sp³-hybridized carbons (Fsp3) is 0.667. The second-order valence-electron chi connectivity index (χ2n) is 7.51. The van der Waals surface area contributed by atoms with Crippen LogP contribution in [-0.4, -0.2) is 56.3 Å². The summed E-state index contributed by atoms with van der Waals surface area (Å²) < 4.78 is 5.08. The van der Waals surface area contributed by atoms with Gasteiger partial charge in [-0.15, -0.1) is 11.3 Å². The summed E-state index contributed by atoms with van der Waals surface area (Å²) in [5, 5.41) is 7.70. The molecule has 2 aromatic heterocycles. The van der Waals surface area contributed by atoms with Crippen LogP contribution in [0.2, 0.25) is 0 Å². The van der Waals surface area contributed by atoms with E-state index in [0.717, 1.165) is 67.1 Å². The Morgan fingerprint density at radius 3 is 2.81 bits per heavy atom. The van der Waals surface area contributed by atoms with Crippen LogP contribution in [0.15, 0.2) is 5.38 Å². The molecule has 0 aromatic carbocycles. The number of nitrogens with one attached hydrogen (secondary N) is 1. The van der Waals surface area contributed by atoms with Crippen molar-refractivity contribution in [1.29, 1.82) is 0 Å². The van der Waals surface area contributed by atoms with Crippen molar-refractivity contribution in [2.24, 2.45) is 0 Å². The van der Waals surface area contributed by atoms with E-state index in [2.05, 4.69) is 9.55 Å². The highest BCUT2D eigenvalue weighted by molar-refractivity contribution is 7.71. The van der Waals surface area contributed by atoms with Crippen molar-refractivity contribution in [2.45, 2.75) is 52.2 Å². The van der Waals surface area contributed by atoms with Crippen molar-refractivity contribution in [2.75, 3.05) is 26.2 Å². The molecule has 1 N–H and O–H groups in total. The molecule has 27 heavy (non-hydrogen) atoms. The van der Waals surface area contributed by atoms with Gasteiger partial charge < -0.3 is 14.4 Å². The molecule has 0 spiro atoms. The number of thiazole rings is 1. The number of amides is 1. The lowest BCUT2D eigenvalue weighted by Gasteiger charge is -2.31. The zero-order chi connectivity index (χ0) is 18.8. The van der Waals surface area contributed by atoms with E-state index in [-0.39, 0.29) is 5.91 Å². The van der Waals surface area contributed by atoms with Crippen LogP contribution in [0.25, 0.3) is 0 Å². The predicted octanol–water partition coefficient (Wildman–Crippen LogP) is 0.833. The van der Waals surface area contributed by atoms with Crippen molar-refractivity contribution < 1.29 is 9.69 Å². The number of hydrogen-bond acceptors (Lipinski definition) is 5. The van der Waals surface area contributed by atoms with E-state index < -0.39 is 0 Å². The Morgan fingerprint density at radius 1 is 1.26 bits per heavy atom. The highest BCUT2D eigenvalue weighted by Crippen LogP contribution is 2.14. The number of quaternary nitrogens is 1. The normalized spacial score (nSPS) is 18.3. The zero-order valence-corrected chi connectivity index (χ0v) is 17.4. The number of aryl methyl sites for hydroxylation is 2. The molecule has 0 bridgehead atoms. The summed E-state index contributed by atoms with van der Waals surface area (Å²) in [6, 6.07) is 0. The summed E-state index contributed by atoms with van der Waals surface area (Å²) in [7, 11) is 0. The highest BCUT2D eigenvalue weighted by Gasteiger charge is 2.25. The first-order chi connectivity index (χ1) is 13.1. The van der Waals surface area contributed by atoms with E-state index in [9.17, 15) is 4.79 Å². The molecular weight excluding hydrogens is 380 g/mol. The van der Waals surface area contributed by atoms with E-state index in [1.165, 1.54) is 24.2 Å². The third-order valence-electron chi connectivity index (χ3n) is 5.45. The fourth-order valence-electron chi connectivity index (χ4n) is 3.90. The topological polar surface area (TPSA) is 60.4 Å². The predicted molar refractivity (Wildman–Crippen MR) is 106 cm³/mol. The summed E-state index contributed by atoms with van der Waals surface area (Å²) >= 11 is 7.23. The van der Waals surface area contributed by atoms with Crippen LogP contribution in [0.3, 0.4) is 0 Å². The fourth-order valence-corrected chi connectivity index (χ4v) is 4.96. The Labute approximate surface area is 168 Å². The Hall–Kier alpha value is -1.58. The van der Waals surface area contributed by atoms with Gasteiger partial charge >= 0.3 is 0 Å². The van der Waals surface area contributed by atoms with Gasteiger partial charge in [0.05, 0.1) is 32.6 Å². The van der Waals surface area contributed by atoms with Crippen LogP contribution >= 0.6 is 23.6 Å². The molecule has 2 aromatic rings. The maximum Gasteiger partial charge on any atom is 0.229 e. The summed E-state index contributed by atoms with van der Waals surface area (Å²) in [6.07, 6.45) is 5.12. The molecule has 2 aliphatic heterocycles. The summed E-state index contributed by atoms with van der Waals surface area (Å²) in [5.74, 6) is 1.33. The van der Waals surface area contributed by atoms with Crippen LogP contribution in [0.1, 0.15) is 35.8 Å². The number of nitrogens with zero attached hydrogens (tertiary/aromatic N) is 5. The minimum atomic E-state index is 0.189. The third kappa shape index (κ3) is 4.30. The first-order valence-electron chi connectivity index (χ1n) is 9.79. The Morgan fingerprint density at radius 2 is 2.07 bits per heavy atom. The van der Waals surface area contributed by atoms with E-state index in [4.69, 9.17) is 17.3 Å². The van der Waals surface area contributed by atoms with Gasteiger partial charge in [0.1, 0.15) is 10.8 Å². The molecule has 0 atom stereocenters. The molecule has 0 unspecified atom stereocenters. The van der Waals surface area contributed by atoms with Gasteiger partial charge in [-0.2, -0.15) is 9.78 Å². The summed E-state index contributed by atoms with van der Waals surface area (Å²) in [4.78, 5) is 20.3. The monoisotopic (exact) mass is 407 g/mol. The summed E-state index contributed by atoms with van der Waals surface area (Å²) in [6.45, 7) is 7.22. The molecule has 1 fully saturated rings. The molecule has 4 heterocycles. The lowest BCUT2D eigenvalue weighted by Crippen LogP contribution is -3.14. The van der Waals surface area contributed by atoms with Crippen molar-refractivity contribution in [3.05, 3.63) is 26.7 Å². The van der Waals surface area contributed by atoms with Gasteiger partial charge in [0.25, 0.3) is 0 Å². The van der Waals surface area contributed by atoms with Crippen LogP contribution < -0.4 is 4.90 Å². The van der Waals surface area contributed by atoms with Crippen molar-refractivity contribution in [3.63, 3.8) is 0 Å². The van der Waals surface area contributed by atoms with Gasteiger partial charge in [0.2, 0.25) is 10.7 Å². The third-order valence-corrected chi connectivity index (χ3v) is 6.84. The molecular formula is C18H27N6OS2+. The van der Waals surface area contributed by atoms with Gasteiger partial charge in [-0.3, -0.25) is 4.79 Å². The molecule has 9 heteroatoms. The quantitative estimate of drug-likeness (QED) is 0.763. The molecule has 2 aliphatic rings. The lowest BCUT2D eigenvalue weighted by atomic mass is 10.2.